The SMILES string of the molecule is CCn1ccnc1CN1CCCCC1CNC. The summed E-state index contributed by atoms with van der Waals surface area (Å²) >= 11 is 0. The molecule has 96 valence electrons. The van der Waals surface area contributed by atoms with Gasteiger partial charge in [-0.05, 0) is 33.4 Å². The van der Waals surface area contributed by atoms with Gasteiger partial charge in [0.15, 0.2) is 0 Å². The van der Waals surface area contributed by atoms with Crippen LogP contribution in [0.25, 0.3) is 0 Å². The van der Waals surface area contributed by atoms with Gasteiger partial charge in [0, 0.05) is 31.5 Å². The zero-order valence-corrected chi connectivity index (χ0v) is 11.0. The molecule has 0 amide bonds. The van der Waals surface area contributed by atoms with E-state index >= 15 is 0 Å². The van der Waals surface area contributed by atoms with Gasteiger partial charge in [0.25, 0.3) is 0 Å². The van der Waals surface area contributed by atoms with Crippen LogP contribution in [0, 0.1) is 0 Å². The molecule has 1 aromatic rings. The molecule has 1 fully saturated rings. The van der Waals surface area contributed by atoms with Gasteiger partial charge in [0.05, 0.1) is 6.54 Å². The summed E-state index contributed by atoms with van der Waals surface area (Å²) < 4.78 is 2.24. The molecule has 0 aliphatic carbocycles. The number of imidazole rings is 1. The molecule has 1 N–H and O–H groups in total. The fraction of sp³-hybridized carbons (Fsp3) is 0.769. The molecule has 1 saturated heterocycles. The summed E-state index contributed by atoms with van der Waals surface area (Å²) in [6.45, 7) is 6.48. The van der Waals surface area contributed by atoms with Crippen LogP contribution < -0.4 is 5.32 Å². The van der Waals surface area contributed by atoms with Crippen molar-refractivity contribution >= 4 is 0 Å². The first kappa shape index (κ1) is 12.6. The van der Waals surface area contributed by atoms with Crippen molar-refractivity contribution in [1.82, 2.24) is 19.8 Å². The largest absolute Gasteiger partial charge is 0.334 e. The summed E-state index contributed by atoms with van der Waals surface area (Å²) in [6, 6.07) is 0.677. The second-order valence-corrected chi connectivity index (χ2v) is 4.81. The lowest BCUT2D eigenvalue weighted by Gasteiger charge is -2.35. The number of nitrogens with one attached hydrogen (secondary N) is 1. The predicted octanol–water partition coefficient (Wildman–Crippen LogP) is 1.48. The highest BCUT2D eigenvalue weighted by Crippen LogP contribution is 2.18. The van der Waals surface area contributed by atoms with Crippen molar-refractivity contribution in [2.75, 3.05) is 20.1 Å². The van der Waals surface area contributed by atoms with Gasteiger partial charge in [-0.2, -0.15) is 0 Å². The monoisotopic (exact) mass is 236 g/mol. The number of likely N-dealkylation sites (N-methyl/N-ethyl adjacent to an activating group) is 1. The highest BCUT2D eigenvalue weighted by molar-refractivity contribution is 4.94. The minimum absolute atomic E-state index is 0.677. The van der Waals surface area contributed by atoms with Gasteiger partial charge >= 0.3 is 0 Å². The highest BCUT2D eigenvalue weighted by atomic mass is 15.2. The zero-order valence-electron chi connectivity index (χ0n) is 11.0. The molecule has 1 aliphatic heterocycles. The van der Waals surface area contributed by atoms with Gasteiger partial charge in [0.2, 0.25) is 0 Å². The molecule has 0 bridgehead atoms. The maximum atomic E-state index is 4.48. The Labute approximate surface area is 104 Å². The van der Waals surface area contributed by atoms with Gasteiger partial charge in [-0.3, -0.25) is 4.90 Å². The molecule has 1 aliphatic rings. The second-order valence-electron chi connectivity index (χ2n) is 4.81. The van der Waals surface area contributed by atoms with E-state index in [1.54, 1.807) is 0 Å². The smallest absolute Gasteiger partial charge is 0.122 e. The standard InChI is InChI=1S/C13H24N4/c1-3-16-9-7-15-13(16)11-17-8-5-4-6-12(17)10-14-2/h7,9,12,14H,3-6,8,10-11H2,1-2H3. The van der Waals surface area contributed by atoms with Crippen LogP contribution in [0.4, 0.5) is 0 Å². The number of hydrogen-bond acceptors (Lipinski definition) is 3. The van der Waals surface area contributed by atoms with Crippen LogP contribution in [-0.4, -0.2) is 40.6 Å². The molecule has 17 heavy (non-hydrogen) atoms. The molecule has 4 heteroatoms. The normalized spacial score (nSPS) is 21.9. The first-order chi connectivity index (χ1) is 8.35. The number of piperidine rings is 1. The van der Waals surface area contributed by atoms with Gasteiger partial charge in [-0.25, -0.2) is 4.98 Å². The molecule has 1 atom stereocenters. The topological polar surface area (TPSA) is 33.1 Å². The van der Waals surface area contributed by atoms with Gasteiger partial charge in [0.1, 0.15) is 5.82 Å². The number of hydrogen-bond donors (Lipinski definition) is 1. The quantitative estimate of drug-likeness (QED) is 0.840. The Balaban J connectivity index is 2.00. The number of aromatic nitrogens is 2. The van der Waals surface area contributed by atoms with E-state index in [1.165, 1.54) is 31.6 Å². The van der Waals surface area contributed by atoms with Gasteiger partial charge in [-0.15, -0.1) is 0 Å². The van der Waals surface area contributed by atoms with Crippen LogP contribution in [0.5, 0.6) is 0 Å². The van der Waals surface area contributed by atoms with Crippen molar-refractivity contribution in [2.24, 2.45) is 0 Å². The van der Waals surface area contributed by atoms with Crippen molar-refractivity contribution in [3.8, 4) is 0 Å². The summed E-state index contributed by atoms with van der Waals surface area (Å²) in [6.07, 6.45) is 7.99. The Hall–Kier alpha value is -0.870. The predicted molar refractivity (Wildman–Crippen MR) is 69.9 cm³/mol. The van der Waals surface area contributed by atoms with Crippen molar-refractivity contribution in [2.45, 2.75) is 45.3 Å². The molecule has 0 saturated carbocycles. The third kappa shape index (κ3) is 3.07. The lowest BCUT2D eigenvalue weighted by atomic mass is 10.0. The average Bonchev–Trinajstić information content (AvgIpc) is 2.79. The molecule has 1 unspecified atom stereocenters. The minimum atomic E-state index is 0.677. The Morgan fingerprint density at radius 1 is 1.47 bits per heavy atom. The summed E-state index contributed by atoms with van der Waals surface area (Å²) in [5, 5.41) is 3.31. The molecular formula is C13H24N4. The molecule has 2 heterocycles. The number of nitrogens with zero attached hydrogens (tertiary/aromatic N) is 3. The van der Waals surface area contributed by atoms with E-state index in [0.717, 1.165) is 19.6 Å². The molecular weight excluding hydrogens is 212 g/mol. The van der Waals surface area contributed by atoms with Crippen LogP contribution in [0.2, 0.25) is 0 Å². The number of aryl methyl sites for hydroxylation is 1. The van der Waals surface area contributed by atoms with Gasteiger partial charge in [-0.1, -0.05) is 6.42 Å². The fourth-order valence-corrected chi connectivity index (χ4v) is 2.70. The zero-order chi connectivity index (χ0) is 12.1. The molecule has 0 aromatic carbocycles. The van der Waals surface area contributed by atoms with Crippen molar-refractivity contribution < 1.29 is 0 Å². The minimum Gasteiger partial charge on any atom is -0.334 e. The van der Waals surface area contributed by atoms with Crippen molar-refractivity contribution in [3.63, 3.8) is 0 Å². The van der Waals surface area contributed by atoms with E-state index in [1.807, 2.05) is 13.2 Å². The number of likely N-dealkylation sites (tertiary alicyclic amines) is 1. The fourth-order valence-electron chi connectivity index (χ4n) is 2.70. The van der Waals surface area contributed by atoms with E-state index < -0.39 is 0 Å². The number of rotatable bonds is 5. The Bertz CT molecular complexity index is 332. The Morgan fingerprint density at radius 3 is 3.12 bits per heavy atom. The summed E-state index contributed by atoms with van der Waals surface area (Å²) in [4.78, 5) is 7.05. The molecule has 0 spiro atoms. The van der Waals surface area contributed by atoms with E-state index in [-0.39, 0.29) is 0 Å². The Morgan fingerprint density at radius 2 is 2.35 bits per heavy atom. The molecule has 4 nitrogen and oxygen atoms in total. The maximum absolute atomic E-state index is 4.48. The van der Waals surface area contributed by atoms with Crippen LogP contribution in [0.1, 0.15) is 32.0 Å². The third-order valence-corrected chi connectivity index (χ3v) is 3.68. The first-order valence-electron chi connectivity index (χ1n) is 6.73. The molecule has 0 radical (unpaired) electrons. The van der Waals surface area contributed by atoms with Crippen molar-refractivity contribution in [1.29, 1.82) is 0 Å². The first-order valence-corrected chi connectivity index (χ1v) is 6.73. The van der Waals surface area contributed by atoms with E-state index in [2.05, 4.69) is 32.9 Å². The molecule has 2 rings (SSSR count). The Kier molecular flexibility index (Phi) is 4.57. The lowest BCUT2D eigenvalue weighted by Crippen LogP contribution is -2.44. The van der Waals surface area contributed by atoms with E-state index in [9.17, 15) is 0 Å². The van der Waals surface area contributed by atoms with E-state index in [4.69, 9.17) is 0 Å². The van der Waals surface area contributed by atoms with Crippen molar-refractivity contribution in [3.05, 3.63) is 18.2 Å². The van der Waals surface area contributed by atoms with Crippen LogP contribution in [0.15, 0.2) is 12.4 Å². The summed E-state index contributed by atoms with van der Waals surface area (Å²) in [5.74, 6) is 1.20. The van der Waals surface area contributed by atoms with Crippen LogP contribution >= 0.6 is 0 Å². The summed E-state index contributed by atoms with van der Waals surface area (Å²) in [7, 11) is 2.04. The average molecular weight is 236 g/mol. The maximum Gasteiger partial charge on any atom is 0.122 e. The van der Waals surface area contributed by atoms with Gasteiger partial charge < -0.3 is 9.88 Å². The summed E-state index contributed by atoms with van der Waals surface area (Å²) in [5.41, 5.74) is 0. The third-order valence-electron chi connectivity index (χ3n) is 3.68. The second kappa shape index (κ2) is 6.17. The van der Waals surface area contributed by atoms with E-state index in [0.29, 0.717) is 6.04 Å². The molecule has 1 aromatic heterocycles. The van der Waals surface area contributed by atoms with Crippen LogP contribution in [-0.2, 0) is 13.1 Å². The van der Waals surface area contributed by atoms with Crippen LogP contribution in [0.3, 0.4) is 0 Å². The highest BCUT2D eigenvalue weighted by Gasteiger charge is 2.22. The lowest BCUT2D eigenvalue weighted by molar-refractivity contribution is 0.134.